The molecule has 4 rings (SSSR count). The van der Waals surface area contributed by atoms with Gasteiger partial charge in [-0.1, -0.05) is 6.07 Å². The smallest absolute Gasteiger partial charge is 0.261 e. The van der Waals surface area contributed by atoms with Gasteiger partial charge in [-0.15, -0.1) is 0 Å². The van der Waals surface area contributed by atoms with Crippen molar-refractivity contribution in [2.24, 2.45) is 0 Å². The number of nitrogens with one attached hydrogen (secondary N) is 1. The van der Waals surface area contributed by atoms with Crippen LogP contribution in [0.15, 0.2) is 47.4 Å². The van der Waals surface area contributed by atoms with Crippen molar-refractivity contribution in [2.75, 3.05) is 29.8 Å². The summed E-state index contributed by atoms with van der Waals surface area (Å²) in [4.78, 5) is 27.7. The van der Waals surface area contributed by atoms with Crippen LogP contribution in [-0.2, 0) is 21.2 Å². The molecule has 28 heavy (non-hydrogen) atoms. The number of hydrogen-bond acceptors (Lipinski definition) is 4. The number of hydrogen-bond donors (Lipinski definition) is 1. The number of likely N-dealkylation sites (N-methyl/N-ethyl adjacent to an activating group) is 1. The number of benzene rings is 2. The molecular formula is C20H21N3O4S. The number of carbonyl (C=O) groups is 2. The Morgan fingerprint density at radius 3 is 2.57 bits per heavy atom. The van der Waals surface area contributed by atoms with Gasteiger partial charge >= 0.3 is 0 Å². The Labute approximate surface area is 164 Å². The third-order valence-electron chi connectivity index (χ3n) is 5.19. The summed E-state index contributed by atoms with van der Waals surface area (Å²) in [6.07, 6.45) is 2.18. The zero-order valence-corrected chi connectivity index (χ0v) is 16.3. The molecule has 0 unspecified atom stereocenters. The molecule has 1 N–H and O–H groups in total. The molecule has 2 aromatic carbocycles. The van der Waals surface area contributed by atoms with Gasteiger partial charge in [0.25, 0.3) is 15.9 Å². The maximum Gasteiger partial charge on any atom is 0.261 e. The normalized spacial score (nSPS) is 16.4. The van der Waals surface area contributed by atoms with Gasteiger partial charge in [-0.05, 0) is 54.8 Å². The molecule has 7 nitrogen and oxygen atoms in total. The molecule has 1 saturated heterocycles. The zero-order valence-electron chi connectivity index (χ0n) is 15.5. The van der Waals surface area contributed by atoms with Gasteiger partial charge in [-0.2, -0.15) is 0 Å². The fourth-order valence-corrected chi connectivity index (χ4v) is 4.75. The molecule has 0 radical (unpaired) electrons. The van der Waals surface area contributed by atoms with Gasteiger partial charge in [0.1, 0.15) is 0 Å². The minimum absolute atomic E-state index is 0.0642. The SMILES string of the molecule is CN1C(=O)Cc2cc(S(=O)(=O)Nc3cccc(C(=O)N4CCCC4)c3)ccc21. The predicted molar refractivity (Wildman–Crippen MR) is 106 cm³/mol. The highest BCUT2D eigenvalue weighted by Crippen LogP contribution is 2.30. The number of likely N-dealkylation sites (tertiary alicyclic amines) is 1. The van der Waals surface area contributed by atoms with Crippen molar-refractivity contribution in [2.45, 2.75) is 24.2 Å². The molecule has 2 aliphatic heterocycles. The second-order valence-corrected chi connectivity index (χ2v) is 8.79. The van der Waals surface area contributed by atoms with Crippen molar-refractivity contribution >= 4 is 33.2 Å². The zero-order chi connectivity index (χ0) is 19.9. The fraction of sp³-hybridized carbons (Fsp3) is 0.300. The molecule has 2 heterocycles. The summed E-state index contributed by atoms with van der Waals surface area (Å²) in [5.41, 5.74) is 2.21. The molecule has 2 amide bonds. The summed E-state index contributed by atoms with van der Waals surface area (Å²) < 4.78 is 28.1. The maximum absolute atomic E-state index is 12.8. The summed E-state index contributed by atoms with van der Waals surface area (Å²) in [6.45, 7) is 1.47. The van der Waals surface area contributed by atoms with Crippen LogP contribution in [-0.4, -0.2) is 45.3 Å². The highest BCUT2D eigenvalue weighted by Gasteiger charge is 2.26. The Balaban J connectivity index is 1.57. The second kappa shape index (κ2) is 6.94. The van der Waals surface area contributed by atoms with Crippen LogP contribution in [0.3, 0.4) is 0 Å². The van der Waals surface area contributed by atoms with E-state index in [-0.39, 0.29) is 23.1 Å². The van der Waals surface area contributed by atoms with E-state index in [1.54, 1.807) is 42.3 Å². The molecule has 0 atom stereocenters. The highest BCUT2D eigenvalue weighted by atomic mass is 32.2. The lowest BCUT2D eigenvalue weighted by Gasteiger charge is -2.16. The summed E-state index contributed by atoms with van der Waals surface area (Å²) in [6, 6.07) is 11.2. The first-order valence-electron chi connectivity index (χ1n) is 9.17. The van der Waals surface area contributed by atoms with Crippen LogP contribution in [0.1, 0.15) is 28.8 Å². The van der Waals surface area contributed by atoms with E-state index in [9.17, 15) is 18.0 Å². The van der Waals surface area contributed by atoms with Gasteiger partial charge < -0.3 is 9.80 Å². The Hall–Kier alpha value is -2.87. The molecule has 0 aliphatic carbocycles. The Morgan fingerprint density at radius 2 is 1.82 bits per heavy atom. The van der Waals surface area contributed by atoms with Gasteiger partial charge in [-0.25, -0.2) is 8.42 Å². The monoisotopic (exact) mass is 399 g/mol. The molecule has 2 aromatic rings. The predicted octanol–water partition coefficient (Wildman–Crippen LogP) is 2.24. The van der Waals surface area contributed by atoms with E-state index in [1.807, 2.05) is 0 Å². The van der Waals surface area contributed by atoms with Crippen LogP contribution in [0.25, 0.3) is 0 Å². The van der Waals surface area contributed by atoms with E-state index < -0.39 is 10.0 Å². The van der Waals surface area contributed by atoms with Crippen LogP contribution in [0.4, 0.5) is 11.4 Å². The highest BCUT2D eigenvalue weighted by molar-refractivity contribution is 7.92. The number of carbonyl (C=O) groups excluding carboxylic acids is 2. The van der Waals surface area contributed by atoms with Crippen molar-refractivity contribution < 1.29 is 18.0 Å². The first-order chi connectivity index (χ1) is 13.3. The molecular weight excluding hydrogens is 378 g/mol. The van der Waals surface area contributed by atoms with Crippen molar-refractivity contribution in [1.29, 1.82) is 0 Å². The third-order valence-corrected chi connectivity index (χ3v) is 6.57. The van der Waals surface area contributed by atoms with Gasteiger partial charge in [0, 0.05) is 37.1 Å². The second-order valence-electron chi connectivity index (χ2n) is 7.11. The van der Waals surface area contributed by atoms with E-state index in [4.69, 9.17) is 0 Å². The van der Waals surface area contributed by atoms with E-state index in [2.05, 4.69) is 4.72 Å². The van der Waals surface area contributed by atoms with Gasteiger partial charge in [0.05, 0.1) is 11.3 Å². The lowest BCUT2D eigenvalue weighted by atomic mass is 10.2. The van der Waals surface area contributed by atoms with E-state index in [0.29, 0.717) is 16.8 Å². The Morgan fingerprint density at radius 1 is 1.07 bits per heavy atom. The van der Waals surface area contributed by atoms with Crippen LogP contribution < -0.4 is 9.62 Å². The van der Waals surface area contributed by atoms with E-state index >= 15 is 0 Å². The molecule has 8 heteroatoms. The Bertz CT molecular complexity index is 1060. The number of nitrogens with zero attached hydrogens (tertiary/aromatic N) is 2. The number of fused-ring (bicyclic) bond motifs is 1. The molecule has 146 valence electrons. The maximum atomic E-state index is 12.8. The average molecular weight is 399 g/mol. The lowest BCUT2D eigenvalue weighted by molar-refractivity contribution is -0.117. The molecule has 0 aromatic heterocycles. The largest absolute Gasteiger partial charge is 0.339 e. The van der Waals surface area contributed by atoms with E-state index in [1.165, 1.54) is 17.0 Å². The summed E-state index contributed by atoms with van der Waals surface area (Å²) in [5.74, 6) is -0.150. The van der Waals surface area contributed by atoms with Crippen molar-refractivity contribution in [1.82, 2.24) is 4.90 Å². The number of anilines is 2. The van der Waals surface area contributed by atoms with Gasteiger partial charge in [-0.3, -0.25) is 14.3 Å². The van der Waals surface area contributed by atoms with Crippen molar-refractivity contribution in [3.05, 3.63) is 53.6 Å². The van der Waals surface area contributed by atoms with Gasteiger partial charge in [0.15, 0.2) is 0 Å². The van der Waals surface area contributed by atoms with Gasteiger partial charge in [0.2, 0.25) is 5.91 Å². The van der Waals surface area contributed by atoms with Crippen molar-refractivity contribution in [3.63, 3.8) is 0 Å². The Kier molecular flexibility index (Phi) is 4.58. The lowest BCUT2D eigenvalue weighted by Crippen LogP contribution is -2.27. The quantitative estimate of drug-likeness (QED) is 0.854. The summed E-state index contributed by atoms with van der Waals surface area (Å²) in [7, 11) is -2.17. The minimum atomic E-state index is -3.84. The molecule has 1 fully saturated rings. The topological polar surface area (TPSA) is 86.8 Å². The molecule has 0 bridgehead atoms. The number of rotatable bonds is 4. The fourth-order valence-electron chi connectivity index (χ4n) is 3.65. The van der Waals surface area contributed by atoms with Crippen LogP contribution in [0.5, 0.6) is 0 Å². The molecule has 2 aliphatic rings. The van der Waals surface area contributed by atoms with Crippen molar-refractivity contribution in [3.8, 4) is 0 Å². The summed E-state index contributed by atoms with van der Waals surface area (Å²) >= 11 is 0. The minimum Gasteiger partial charge on any atom is -0.339 e. The number of amides is 2. The number of sulfonamides is 1. The molecule has 0 saturated carbocycles. The van der Waals surface area contributed by atoms with Crippen LogP contribution >= 0.6 is 0 Å². The third kappa shape index (κ3) is 3.35. The first kappa shape index (κ1) is 18.5. The van der Waals surface area contributed by atoms with Crippen LogP contribution in [0, 0.1) is 0 Å². The summed E-state index contributed by atoms with van der Waals surface area (Å²) in [5, 5.41) is 0. The standard InChI is InChI=1S/C20H21N3O4S/c1-22-18-8-7-17(12-15(18)13-19(22)24)28(26,27)21-16-6-4-5-14(11-16)20(25)23-9-2-3-10-23/h4-8,11-12,21H,2-3,9-10,13H2,1H3. The first-order valence-corrected chi connectivity index (χ1v) is 10.6. The average Bonchev–Trinajstić information content (AvgIpc) is 3.30. The molecule has 0 spiro atoms. The van der Waals surface area contributed by atoms with Crippen LogP contribution in [0.2, 0.25) is 0 Å². The van der Waals surface area contributed by atoms with E-state index in [0.717, 1.165) is 31.6 Å².